The Kier molecular flexibility index (Phi) is 8.16. The molecule has 4 aromatic carbocycles. The highest BCUT2D eigenvalue weighted by molar-refractivity contribution is 7.73. The normalized spacial score (nSPS) is 11.6. The van der Waals surface area contributed by atoms with Gasteiger partial charge in [-0.15, -0.1) is 10.9 Å². The molecule has 0 nitrogen and oxygen atoms in total. The van der Waals surface area contributed by atoms with E-state index in [0.29, 0.717) is 10.6 Å². The van der Waals surface area contributed by atoms with Crippen molar-refractivity contribution in [3.05, 3.63) is 119 Å². The summed E-state index contributed by atoms with van der Waals surface area (Å²) in [5.74, 6) is -24.2. The largest absolute Gasteiger partial charge is 0.207 e. The summed E-state index contributed by atoms with van der Waals surface area (Å²) in [4.78, 5) is 0. The van der Waals surface area contributed by atoms with E-state index in [-0.39, 0.29) is 6.16 Å². The molecule has 0 aliphatic heterocycles. The third kappa shape index (κ3) is 4.91. The van der Waals surface area contributed by atoms with Crippen LogP contribution >= 0.6 is 7.92 Å². The standard InChI is InChI=1S/C26H15BF10P/c28-17-15(18(29)22(33)25(36)21(17)32)27(16-19(30)23(34)26(37)24(35)20(16)31)11-12-38(13-7-3-1-4-8-13)14-9-5-2-6-10-14/h1-10,27H,11-12H2/q-1. The first kappa shape index (κ1) is 27.7. The van der Waals surface area contributed by atoms with Crippen LogP contribution in [0.25, 0.3) is 0 Å². The van der Waals surface area contributed by atoms with E-state index in [1.165, 1.54) is 0 Å². The molecule has 0 saturated heterocycles. The summed E-state index contributed by atoms with van der Waals surface area (Å²) >= 11 is 0. The first-order valence-electron chi connectivity index (χ1n) is 11.2. The van der Waals surface area contributed by atoms with E-state index in [1.807, 2.05) is 0 Å². The van der Waals surface area contributed by atoms with Gasteiger partial charge in [-0.1, -0.05) is 66.8 Å². The Morgan fingerprint density at radius 1 is 0.421 bits per heavy atom. The van der Waals surface area contributed by atoms with E-state index >= 15 is 0 Å². The maximum Gasteiger partial charge on any atom is 0.200 e. The van der Waals surface area contributed by atoms with E-state index in [1.54, 1.807) is 60.7 Å². The van der Waals surface area contributed by atoms with Crippen molar-refractivity contribution in [1.82, 2.24) is 0 Å². The minimum Gasteiger partial charge on any atom is -0.207 e. The van der Waals surface area contributed by atoms with Crippen molar-refractivity contribution in [2.75, 3.05) is 6.16 Å². The van der Waals surface area contributed by atoms with Gasteiger partial charge in [0.25, 0.3) is 0 Å². The number of rotatable bonds is 7. The Balaban J connectivity index is 1.93. The SMILES string of the molecule is Fc1c(F)c(F)c([BH-](CCP(c2ccccc2)c2ccccc2)c2c(F)c(F)c(F)c(F)c2F)c(F)c1F. The summed E-state index contributed by atoms with van der Waals surface area (Å²) in [6.07, 6.45) is -0.783. The summed E-state index contributed by atoms with van der Waals surface area (Å²) in [5.41, 5.74) is -3.22. The molecular formula is C26H15BF10P-. The van der Waals surface area contributed by atoms with Gasteiger partial charge in [-0.05, 0) is 18.5 Å². The lowest BCUT2D eigenvalue weighted by atomic mass is 9.38. The molecule has 0 aliphatic carbocycles. The maximum atomic E-state index is 14.9. The quantitative estimate of drug-likeness (QED) is 0.0917. The lowest BCUT2D eigenvalue weighted by Crippen LogP contribution is -2.51. The maximum absolute atomic E-state index is 14.9. The van der Waals surface area contributed by atoms with Crippen LogP contribution in [0.3, 0.4) is 0 Å². The zero-order valence-electron chi connectivity index (χ0n) is 19.1. The lowest BCUT2D eigenvalue weighted by Gasteiger charge is -2.30. The highest BCUT2D eigenvalue weighted by atomic mass is 31.1. The third-order valence-electron chi connectivity index (χ3n) is 6.33. The molecule has 4 aromatic rings. The zero-order chi connectivity index (χ0) is 27.7. The Hall–Kier alpha value is -3.33. The number of hydrogen-bond donors (Lipinski definition) is 0. The Bertz CT molecular complexity index is 1310. The van der Waals surface area contributed by atoms with Gasteiger partial charge in [0.2, 0.25) is 0 Å². The summed E-state index contributed by atoms with van der Waals surface area (Å²) in [7, 11) is -1.44. The predicted octanol–water partition coefficient (Wildman–Crippen LogP) is 5.55. The van der Waals surface area contributed by atoms with Gasteiger partial charge in [-0.3, -0.25) is 0 Å². The molecule has 0 bridgehead atoms. The van der Waals surface area contributed by atoms with Crippen LogP contribution in [-0.4, -0.2) is 12.9 Å². The Morgan fingerprint density at radius 2 is 0.711 bits per heavy atom. The molecule has 0 unspecified atom stereocenters. The molecule has 0 heterocycles. The second-order valence-electron chi connectivity index (χ2n) is 8.45. The highest BCUT2D eigenvalue weighted by Gasteiger charge is 2.33. The number of benzene rings is 4. The molecular weight excluding hydrogens is 544 g/mol. The number of hydrogen-bond acceptors (Lipinski definition) is 0. The fraction of sp³-hybridized carbons (Fsp3) is 0.0769. The van der Waals surface area contributed by atoms with E-state index < -0.39 is 90.1 Å². The second-order valence-corrected chi connectivity index (χ2v) is 10.8. The fourth-order valence-corrected chi connectivity index (χ4v) is 7.03. The van der Waals surface area contributed by atoms with Crippen LogP contribution in [0.15, 0.2) is 60.7 Å². The molecule has 0 amide bonds. The van der Waals surface area contributed by atoms with Crippen molar-refractivity contribution in [1.29, 1.82) is 0 Å². The van der Waals surface area contributed by atoms with Crippen LogP contribution in [0.1, 0.15) is 0 Å². The summed E-state index contributed by atoms with van der Waals surface area (Å²) in [6, 6.07) is 17.0. The molecule has 0 aromatic heterocycles. The molecule has 4 rings (SSSR count). The second kappa shape index (κ2) is 11.2. The summed E-state index contributed by atoms with van der Waals surface area (Å²) in [5, 5.41) is 1.39. The minimum atomic E-state index is -3.57. The Morgan fingerprint density at radius 3 is 1.03 bits per heavy atom. The van der Waals surface area contributed by atoms with Crippen molar-refractivity contribution in [2.45, 2.75) is 6.32 Å². The molecule has 0 aliphatic rings. The number of halogens is 10. The fourth-order valence-electron chi connectivity index (χ4n) is 4.52. The first-order valence-corrected chi connectivity index (χ1v) is 12.7. The predicted molar refractivity (Wildman–Crippen MR) is 128 cm³/mol. The van der Waals surface area contributed by atoms with Gasteiger partial charge < -0.3 is 0 Å². The van der Waals surface area contributed by atoms with Crippen LogP contribution in [-0.2, 0) is 0 Å². The van der Waals surface area contributed by atoms with Gasteiger partial charge in [0.05, 0.1) is 6.71 Å². The molecule has 0 N–H and O–H groups in total. The van der Waals surface area contributed by atoms with Crippen LogP contribution in [0, 0.1) is 58.2 Å². The Labute approximate surface area is 211 Å². The monoisotopic (exact) mass is 559 g/mol. The average Bonchev–Trinajstić information content (AvgIpc) is 2.94. The van der Waals surface area contributed by atoms with Gasteiger partial charge >= 0.3 is 0 Å². The molecule has 0 fully saturated rings. The summed E-state index contributed by atoms with van der Waals surface area (Å²) in [6.45, 7) is -3.57. The van der Waals surface area contributed by atoms with Gasteiger partial charge in [-0.2, -0.15) is 6.32 Å². The minimum absolute atomic E-state index is 0.137. The molecule has 12 heteroatoms. The molecule has 0 atom stereocenters. The van der Waals surface area contributed by atoms with Crippen molar-refractivity contribution < 1.29 is 43.9 Å². The zero-order valence-corrected chi connectivity index (χ0v) is 20.0. The van der Waals surface area contributed by atoms with Crippen molar-refractivity contribution >= 4 is 36.2 Å². The van der Waals surface area contributed by atoms with Gasteiger partial charge in [0.15, 0.2) is 34.9 Å². The molecule has 0 spiro atoms. The van der Waals surface area contributed by atoms with E-state index in [4.69, 9.17) is 0 Å². The van der Waals surface area contributed by atoms with Crippen LogP contribution in [0.2, 0.25) is 6.32 Å². The van der Waals surface area contributed by atoms with Crippen molar-refractivity contribution in [3.8, 4) is 0 Å². The van der Waals surface area contributed by atoms with Crippen LogP contribution in [0.5, 0.6) is 0 Å². The van der Waals surface area contributed by atoms with Gasteiger partial charge in [-0.25, -0.2) is 43.9 Å². The van der Waals surface area contributed by atoms with E-state index in [9.17, 15) is 43.9 Å². The smallest absolute Gasteiger partial charge is 0.200 e. The van der Waals surface area contributed by atoms with E-state index in [0.717, 1.165) is 0 Å². The van der Waals surface area contributed by atoms with Gasteiger partial charge in [0.1, 0.15) is 23.3 Å². The van der Waals surface area contributed by atoms with Crippen molar-refractivity contribution in [3.63, 3.8) is 0 Å². The molecule has 0 saturated carbocycles. The molecule has 0 radical (unpaired) electrons. The lowest BCUT2D eigenvalue weighted by molar-refractivity contribution is 0.382. The van der Waals surface area contributed by atoms with E-state index in [2.05, 4.69) is 0 Å². The molecule has 198 valence electrons. The first-order chi connectivity index (χ1) is 18.1. The highest BCUT2D eigenvalue weighted by Crippen LogP contribution is 2.35. The summed E-state index contributed by atoms with van der Waals surface area (Å²) < 4.78 is 143. The van der Waals surface area contributed by atoms with Crippen molar-refractivity contribution in [2.24, 2.45) is 0 Å². The molecule has 38 heavy (non-hydrogen) atoms. The third-order valence-corrected chi connectivity index (χ3v) is 8.93. The topological polar surface area (TPSA) is 0 Å². The van der Waals surface area contributed by atoms with Gasteiger partial charge in [0, 0.05) is 0 Å². The average molecular weight is 559 g/mol. The van der Waals surface area contributed by atoms with Crippen LogP contribution < -0.4 is 21.5 Å². The van der Waals surface area contributed by atoms with Crippen LogP contribution in [0.4, 0.5) is 43.9 Å².